The molecule has 3 aromatic rings. The second-order valence-corrected chi connectivity index (χ2v) is 6.09. The summed E-state index contributed by atoms with van der Waals surface area (Å²) in [5.41, 5.74) is 4.04. The van der Waals surface area contributed by atoms with Crippen LogP contribution in [-0.4, -0.2) is 10.5 Å². The third-order valence-electron chi connectivity index (χ3n) is 4.06. The molecule has 0 aliphatic heterocycles. The van der Waals surface area contributed by atoms with Gasteiger partial charge in [-0.15, -0.1) is 0 Å². The summed E-state index contributed by atoms with van der Waals surface area (Å²) >= 11 is 0. The van der Waals surface area contributed by atoms with Crippen LogP contribution in [0, 0.1) is 13.8 Å². The van der Waals surface area contributed by atoms with Crippen molar-refractivity contribution in [1.29, 1.82) is 0 Å². The molecule has 0 atom stereocenters. The Balaban J connectivity index is 1.75. The first-order chi connectivity index (χ1) is 11.5. The lowest BCUT2D eigenvalue weighted by atomic mass is 10.1. The zero-order valence-electron chi connectivity index (χ0n) is 13.9. The van der Waals surface area contributed by atoms with E-state index in [4.69, 9.17) is 0 Å². The number of pyridine rings is 1. The van der Waals surface area contributed by atoms with Crippen molar-refractivity contribution >= 4 is 16.8 Å². The molecule has 1 aromatic heterocycles. The topological polar surface area (TPSA) is 51.1 Å². The van der Waals surface area contributed by atoms with Crippen molar-refractivity contribution in [3.8, 4) is 0 Å². The van der Waals surface area contributed by atoms with Gasteiger partial charge in [0.05, 0.1) is 5.52 Å². The molecule has 0 bridgehead atoms. The molecule has 0 radical (unpaired) electrons. The van der Waals surface area contributed by atoms with Gasteiger partial charge in [0.1, 0.15) is 6.54 Å². The molecule has 1 heterocycles. The Labute approximate surface area is 140 Å². The van der Waals surface area contributed by atoms with Gasteiger partial charge in [-0.1, -0.05) is 41.5 Å². The third-order valence-corrected chi connectivity index (χ3v) is 4.06. The summed E-state index contributed by atoms with van der Waals surface area (Å²) in [5, 5.41) is 3.56. The van der Waals surface area contributed by atoms with Crippen LogP contribution in [0.2, 0.25) is 0 Å². The Morgan fingerprint density at radius 2 is 1.71 bits per heavy atom. The third kappa shape index (κ3) is 3.54. The average Bonchev–Trinajstić information content (AvgIpc) is 2.57. The number of aromatic nitrogens is 1. The van der Waals surface area contributed by atoms with Gasteiger partial charge in [-0.25, -0.2) is 0 Å². The zero-order valence-corrected chi connectivity index (χ0v) is 13.9. The van der Waals surface area contributed by atoms with E-state index in [-0.39, 0.29) is 17.9 Å². The van der Waals surface area contributed by atoms with Crippen LogP contribution in [0.15, 0.2) is 59.5 Å². The molecule has 0 aliphatic carbocycles. The Kier molecular flexibility index (Phi) is 4.47. The van der Waals surface area contributed by atoms with Gasteiger partial charge in [0.25, 0.3) is 0 Å². The molecule has 0 spiro atoms. The van der Waals surface area contributed by atoms with Crippen LogP contribution in [0.3, 0.4) is 0 Å². The van der Waals surface area contributed by atoms with Gasteiger partial charge in [-0.3, -0.25) is 9.59 Å². The van der Waals surface area contributed by atoms with Crippen LogP contribution in [0.5, 0.6) is 0 Å². The minimum Gasteiger partial charge on any atom is -0.350 e. The van der Waals surface area contributed by atoms with Gasteiger partial charge in [0.15, 0.2) is 5.43 Å². The van der Waals surface area contributed by atoms with Crippen molar-refractivity contribution in [2.24, 2.45) is 0 Å². The minimum absolute atomic E-state index is 0.0231. The van der Waals surface area contributed by atoms with E-state index in [1.165, 1.54) is 11.6 Å². The first-order valence-electron chi connectivity index (χ1n) is 7.95. The second kappa shape index (κ2) is 6.71. The number of fused-ring (bicyclic) bond motifs is 1. The number of nitrogens with zero attached hydrogens (tertiary/aromatic N) is 1. The molecule has 3 rings (SSSR count). The molecular weight excluding hydrogens is 300 g/mol. The molecular formula is C20H20N2O2. The van der Waals surface area contributed by atoms with Crippen LogP contribution in [0.25, 0.3) is 10.9 Å². The van der Waals surface area contributed by atoms with Gasteiger partial charge in [0.2, 0.25) is 5.91 Å². The van der Waals surface area contributed by atoms with Crippen LogP contribution in [0.1, 0.15) is 16.7 Å². The standard InChI is InChI=1S/C20H20N2O2/c1-14-3-6-16(7-4-14)12-21-20(24)13-22-10-9-19(23)17-11-15(2)5-8-18(17)22/h3-11H,12-13H2,1-2H3,(H,21,24). The monoisotopic (exact) mass is 320 g/mol. The molecule has 1 N–H and O–H groups in total. The molecule has 24 heavy (non-hydrogen) atoms. The molecule has 0 aliphatic rings. The predicted octanol–water partition coefficient (Wildman–Crippen LogP) is 2.93. The van der Waals surface area contributed by atoms with E-state index in [2.05, 4.69) is 5.32 Å². The van der Waals surface area contributed by atoms with E-state index >= 15 is 0 Å². The Bertz CT molecular complexity index is 940. The fraction of sp³-hybridized carbons (Fsp3) is 0.200. The lowest BCUT2D eigenvalue weighted by Crippen LogP contribution is -2.27. The average molecular weight is 320 g/mol. The SMILES string of the molecule is Cc1ccc(CNC(=O)Cn2ccc(=O)c3cc(C)ccc32)cc1. The number of hydrogen-bond acceptors (Lipinski definition) is 2. The van der Waals surface area contributed by atoms with Crippen LogP contribution in [0.4, 0.5) is 0 Å². The fourth-order valence-corrected chi connectivity index (χ4v) is 2.68. The number of hydrogen-bond donors (Lipinski definition) is 1. The largest absolute Gasteiger partial charge is 0.350 e. The molecule has 1 amide bonds. The highest BCUT2D eigenvalue weighted by Crippen LogP contribution is 2.12. The van der Waals surface area contributed by atoms with Gasteiger partial charge in [-0.2, -0.15) is 0 Å². The maximum Gasteiger partial charge on any atom is 0.240 e. The number of carbonyl (C=O) groups is 1. The van der Waals surface area contributed by atoms with Crippen molar-refractivity contribution in [1.82, 2.24) is 9.88 Å². The summed E-state index contributed by atoms with van der Waals surface area (Å²) in [4.78, 5) is 24.2. The summed E-state index contributed by atoms with van der Waals surface area (Å²) in [6.45, 7) is 4.66. The summed E-state index contributed by atoms with van der Waals surface area (Å²) in [6.07, 6.45) is 1.67. The highest BCUT2D eigenvalue weighted by Gasteiger charge is 2.07. The quantitative estimate of drug-likeness (QED) is 0.803. The van der Waals surface area contributed by atoms with Crippen LogP contribution < -0.4 is 10.7 Å². The molecule has 0 saturated heterocycles. The first-order valence-corrected chi connectivity index (χ1v) is 7.95. The number of amides is 1. The normalized spacial score (nSPS) is 10.8. The first kappa shape index (κ1) is 16.0. The number of nitrogens with one attached hydrogen (secondary N) is 1. The molecule has 0 fully saturated rings. The predicted molar refractivity (Wildman–Crippen MR) is 96.0 cm³/mol. The van der Waals surface area contributed by atoms with E-state index in [1.54, 1.807) is 10.8 Å². The maximum absolute atomic E-state index is 12.2. The van der Waals surface area contributed by atoms with Crippen LogP contribution >= 0.6 is 0 Å². The highest BCUT2D eigenvalue weighted by molar-refractivity contribution is 5.82. The van der Waals surface area contributed by atoms with E-state index in [0.29, 0.717) is 11.9 Å². The molecule has 0 saturated carbocycles. The number of carbonyl (C=O) groups excluding carboxylic acids is 1. The van der Waals surface area contributed by atoms with Gasteiger partial charge in [0, 0.05) is 24.2 Å². The molecule has 4 heteroatoms. The van der Waals surface area contributed by atoms with E-state index in [9.17, 15) is 9.59 Å². The smallest absolute Gasteiger partial charge is 0.240 e. The Morgan fingerprint density at radius 1 is 1.00 bits per heavy atom. The summed E-state index contributed by atoms with van der Waals surface area (Å²) in [7, 11) is 0. The lowest BCUT2D eigenvalue weighted by Gasteiger charge is -2.11. The second-order valence-electron chi connectivity index (χ2n) is 6.09. The van der Waals surface area contributed by atoms with Crippen molar-refractivity contribution in [2.75, 3.05) is 0 Å². The van der Waals surface area contributed by atoms with E-state index in [1.807, 2.05) is 56.3 Å². The molecule has 0 unspecified atom stereocenters. The van der Waals surface area contributed by atoms with E-state index < -0.39 is 0 Å². The van der Waals surface area contributed by atoms with Gasteiger partial charge >= 0.3 is 0 Å². The molecule has 122 valence electrons. The van der Waals surface area contributed by atoms with Crippen molar-refractivity contribution in [3.05, 3.63) is 81.6 Å². The summed E-state index contributed by atoms with van der Waals surface area (Å²) in [5.74, 6) is -0.0823. The highest BCUT2D eigenvalue weighted by atomic mass is 16.2. The minimum atomic E-state index is -0.0823. The molecule has 2 aromatic carbocycles. The number of rotatable bonds is 4. The van der Waals surface area contributed by atoms with Crippen molar-refractivity contribution in [3.63, 3.8) is 0 Å². The summed E-state index contributed by atoms with van der Waals surface area (Å²) < 4.78 is 1.81. The van der Waals surface area contributed by atoms with Gasteiger partial charge in [-0.05, 0) is 31.5 Å². The lowest BCUT2D eigenvalue weighted by molar-refractivity contribution is -0.121. The van der Waals surface area contributed by atoms with Crippen molar-refractivity contribution in [2.45, 2.75) is 26.9 Å². The van der Waals surface area contributed by atoms with Gasteiger partial charge < -0.3 is 9.88 Å². The van der Waals surface area contributed by atoms with Crippen LogP contribution in [-0.2, 0) is 17.9 Å². The Morgan fingerprint density at radius 3 is 2.46 bits per heavy atom. The Hall–Kier alpha value is -2.88. The molecule has 4 nitrogen and oxygen atoms in total. The zero-order chi connectivity index (χ0) is 17.1. The maximum atomic E-state index is 12.2. The summed E-state index contributed by atoms with van der Waals surface area (Å²) in [6, 6.07) is 15.3. The van der Waals surface area contributed by atoms with Crippen molar-refractivity contribution < 1.29 is 4.79 Å². The van der Waals surface area contributed by atoms with E-state index in [0.717, 1.165) is 16.6 Å². The fourth-order valence-electron chi connectivity index (χ4n) is 2.68. The number of benzene rings is 2. The number of aryl methyl sites for hydroxylation is 2.